The molecule has 0 radical (unpaired) electrons. The van der Waals surface area contributed by atoms with E-state index >= 15 is 0 Å². The van der Waals surface area contributed by atoms with E-state index in [9.17, 15) is 13.5 Å². The zero-order valence-corrected chi connectivity index (χ0v) is 13.5. The Labute approximate surface area is 137 Å². The average Bonchev–Trinajstić information content (AvgIpc) is 2.92. The number of nitrogens with zero attached hydrogens (tertiary/aromatic N) is 1. The Morgan fingerprint density at radius 2 is 2.00 bits per heavy atom. The standard InChI is InChI=1S/C14H13ClN4O3S/c1-16-23(21,22)9-3-4-10-11(7-9)18-14(17-10)19-12-6-8(15)2-5-13(12)20/h2-7,16,20H,1H3,(H2,17,18,19). The van der Waals surface area contributed by atoms with Crippen LogP contribution < -0.4 is 10.0 Å². The molecule has 3 aromatic rings. The fraction of sp³-hybridized carbons (Fsp3) is 0.0714. The molecule has 3 rings (SSSR count). The molecule has 1 heterocycles. The van der Waals surface area contributed by atoms with E-state index in [2.05, 4.69) is 20.0 Å². The molecule has 1 aromatic heterocycles. The number of rotatable bonds is 4. The Bertz CT molecular complexity index is 985. The van der Waals surface area contributed by atoms with Crippen LogP contribution in [0.2, 0.25) is 5.02 Å². The number of halogens is 1. The van der Waals surface area contributed by atoms with E-state index in [1.807, 2.05) is 0 Å². The molecule has 7 nitrogen and oxygen atoms in total. The number of sulfonamides is 1. The minimum atomic E-state index is -3.53. The molecule has 0 saturated heterocycles. The Balaban J connectivity index is 1.99. The number of H-pyrrole nitrogens is 1. The zero-order valence-electron chi connectivity index (χ0n) is 12.0. The summed E-state index contributed by atoms with van der Waals surface area (Å²) in [5.74, 6) is 0.380. The molecule has 2 aromatic carbocycles. The number of hydrogen-bond acceptors (Lipinski definition) is 5. The molecule has 9 heteroatoms. The third kappa shape index (κ3) is 3.09. The van der Waals surface area contributed by atoms with Crippen LogP contribution in [0.4, 0.5) is 11.6 Å². The van der Waals surface area contributed by atoms with Crippen LogP contribution in [0.25, 0.3) is 11.0 Å². The third-order valence-electron chi connectivity index (χ3n) is 3.25. The summed E-state index contributed by atoms with van der Waals surface area (Å²) in [4.78, 5) is 7.39. The van der Waals surface area contributed by atoms with Gasteiger partial charge in [-0.1, -0.05) is 11.6 Å². The van der Waals surface area contributed by atoms with Crippen molar-refractivity contribution in [3.8, 4) is 5.75 Å². The van der Waals surface area contributed by atoms with E-state index in [-0.39, 0.29) is 10.6 Å². The number of aromatic hydroxyl groups is 1. The maximum Gasteiger partial charge on any atom is 0.240 e. The highest BCUT2D eigenvalue weighted by molar-refractivity contribution is 7.89. The Morgan fingerprint density at radius 1 is 1.22 bits per heavy atom. The molecule has 4 N–H and O–H groups in total. The number of nitrogens with one attached hydrogen (secondary N) is 3. The highest BCUT2D eigenvalue weighted by Gasteiger charge is 2.13. The largest absolute Gasteiger partial charge is 0.506 e. The van der Waals surface area contributed by atoms with Crippen LogP contribution in [0, 0.1) is 0 Å². The summed E-state index contributed by atoms with van der Waals surface area (Å²) >= 11 is 5.89. The van der Waals surface area contributed by atoms with Crippen molar-refractivity contribution >= 4 is 44.3 Å². The van der Waals surface area contributed by atoms with E-state index in [0.717, 1.165) is 0 Å². The van der Waals surface area contributed by atoms with Crippen LogP contribution in [-0.4, -0.2) is 30.5 Å². The van der Waals surface area contributed by atoms with Crippen LogP contribution in [0.5, 0.6) is 5.75 Å². The van der Waals surface area contributed by atoms with Gasteiger partial charge in [0.1, 0.15) is 5.75 Å². The molecular weight excluding hydrogens is 340 g/mol. The second-order valence-corrected chi connectivity index (χ2v) is 7.08. The minimum absolute atomic E-state index is 0.0216. The lowest BCUT2D eigenvalue weighted by molar-refractivity contribution is 0.477. The van der Waals surface area contributed by atoms with Gasteiger partial charge in [-0.3, -0.25) is 0 Å². The highest BCUT2D eigenvalue weighted by atomic mass is 35.5. The van der Waals surface area contributed by atoms with Crippen molar-refractivity contribution < 1.29 is 13.5 Å². The van der Waals surface area contributed by atoms with Crippen molar-refractivity contribution in [2.45, 2.75) is 4.90 Å². The number of anilines is 2. The number of aromatic nitrogens is 2. The zero-order chi connectivity index (χ0) is 16.6. The summed E-state index contributed by atoms with van der Waals surface area (Å²) in [5.41, 5.74) is 1.52. The van der Waals surface area contributed by atoms with Crippen molar-refractivity contribution in [2.75, 3.05) is 12.4 Å². The highest BCUT2D eigenvalue weighted by Crippen LogP contribution is 2.29. The van der Waals surface area contributed by atoms with Crippen LogP contribution in [0.15, 0.2) is 41.3 Å². The molecule has 0 aliphatic carbocycles. The van der Waals surface area contributed by atoms with Gasteiger partial charge in [0.05, 0.1) is 21.6 Å². The lowest BCUT2D eigenvalue weighted by atomic mass is 10.3. The van der Waals surface area contributed by atoms with Crippen molar-refractivity contribution in [3.05, 3.63) is 41.4 Å². The van der Waals surface area contributed by atoms with Gasteiger partial charge < -0.3 is 15.4 Å². The van der Waals surface area contributed by atoms with E-state index in [0.29, 0.717) is 27.7 Å². The molecule has 0 aliphatic heterocycles. The van der Waals surface area contributed by atoms with E-state index in [1.165, 1.54) is 25.2 Å². The van der Waals surface area contributed by atoms with Gasteiger partial charge >= 0.3 is 0 Å². The first kappa shape index (κ1) is 15.6. The Hall–Kier alpha value is -2.29. The van der Waals surface area contributed by atoms with Crippen LogP contribution in [-0.2, 0) is 10.0 Å². The summed E-state index contributed by atoms with van der Waals surface area (Å²) in [6, 6.07) is 9.14. The first-order valence-corrected chi connectivity index (χ1v) is 8.44. The lowest BCUT2D eigenvalue weighted by Gasteiger charge is -2.05. The summed E-state index contributed by atoms with van der Waals surface area (Å²) in [5, 5.41) is 13.2. The molecule has 0 atom stereocenters. The molecule has 0 amide bonds. The molecule has 0 unspecified atom stereocenters. The first-order valence-electron chi connectivity index (χ1n) is 6.58. The first-order chi connectivity index (χ1) is 10.9. The van der Waals surface area contributed by atoms with Crippen LogP contribution in [0.3, 0.4) is 0 Å². The molecule has 0 bridgehead atoms. The van der Waals surface area contributed by atoms with Gasteiger partial charge in [-0.25, -0.2) is 18.1 Å². The fourth-order valence-electron chi connectivity index (χ4n) is 2.07. The number of aromatic amines is 1. The molecule has 0 aliphatic rings. The fourth-order valence-corrected chi connectivity index (χ4v) is 2.99. The predicted octanol–water partition coefficient (Wildman–Crippen LogP) is 2.57. The Kier molecular flexibility index (Phi) is 3.88. The van der Waals surface area contributed by atoms with Crippen LogP contribution >= 0.6 is 11.6 Å². The van der Waals surface area contributed by atoms with E-state index < -0.39 is 10.0 Å². The summed E-state index contributed by atoms with van der Waals surface area (Å²) in [6.45, 7) is 0. The van der Waals surface area contributed by atoms with Gasteiger partial charge in [0.2, 0.25) is 16.0 Å². The minimum Gasteiger partial charge on any atom is -0.506 e. The number of hydrogen-bond donors (Lipinski definition) is 4. The normalized spacial score (nSPS) is 11.7. The van der Waals surface area contributed by atoms with Crippen molar-refractivity contribution in [1.29, 1.82) is 0 Å². The van der Waals surface area contributed by atoms with Gasteiger partial charge in [0, 0.05) is 5.02 Å². The number of fused-ring (bicyclic) bond motifs is 1. The smallest absolute Gasteiger partial charge is 0.240 e. The van der Waals surface area contributed by atoms with Gasteiger partial charge in [-0.2, -0.15) is 0 Å². The SMILES string of the molecule is CNS(=O)(=O)c1ccc2[nH]c(Nc3cc(Cl)ccc3O)nc2c1. The number of phenolic OH excluding ortho intramolecular Hbond substituents is 1. The molecule has 0 fully saturated rings. The van der Waals surface area contributed by atoms with Crippen molar-refractivity contribution in [1.82, 2.24) is 14.7 Å². The third-order valence-corrected chi connectivity index (χ3v) is 4.89. The molecular formula is C14H13ClN4O3S. The van der Waals surface area contributed by atoms with Gasteiger partial charge in [0.25, 0.3) is 0 Å². The maximum atomic E-state index is 11.8. The van der Waals surface area contributed by atoms with Gasteiger partial charge in [0.15, 0.2) is 0 Å². The molecule has 120 valence electrons. The topological polar surface area (TPSA) is 107 Å². The molecule has 0 saturated carbocycles. The summed E-state index contributed by atoms with van der Waals surface area (Å²) in [6.07, 6.45) is 0. The summed E-state index contributed by atoms with van der Waals surface area (Å²) < 4.78 is 25.9. The monoisotopic (exact) mass is 352 g/mol. The molecule has 23 heavy (non-hydrogen) atoms. The van der Waals surface area contributed by atoms with Crippen molar-refractivity contribution in [3.63, 3.8) is 0 Å². The lowest BCUT2D eigenvalue weighted by Crippen LogP contribution is -2.18. The number of benzene rings is 2. The maximum absolute atomic E-state index is 11.8. The van der Waals surface area contributed by atoms with E-state index in [1.54, 1.807) is 18.2 Å². The van der Waals surface area contributed by atoms with E-state index in [4.69, 9.17) is 11.6 Å². The van der Waals surface area contributed by atoms with Gasteiger partial charge in [-0.15, -0.1) is 0 Å². The molecule has 0 spiro atoms. The second-order valence-electron chi connectivity index (χ2n) is 4.76. The summed E-state index contributed by atoms with van der Waals surface area (Å²) in [7, 11) is -2.19. The number of phenols is 1. The average molecular weight is 353 g/mol. The quantitative estimate of drug-likeness (QED) is 0.540. The Morgan fingerprint density at radius 3 is 2.74 bits per heavy atom. The van der Waals surface area contributed by atoms with Crippen molar-refractivity contribution in [2.24, 2.45) is 0 Å². The number of imidazole rings is 1. The van der Waals surface area contributed by atoms with Gasteiger partial charge in [-0.05, 0) is 43.4 Å². The van der Waals surface area contributed by atoms with Crippen LogP contribution in [0.1, 0.15) is 0 Å². The second kappa shape index (κ2) is 5.73. The predicted molar refractivity (Wildman–Crippen MR) is 88.7 cm³/mol.